The summed E-state index contributed by atoms with van der Waals surface area (Å²) < 4.78 is 40.2. The summed E-state index contributed by atoms with van der Waals surface area (Å²) in [7, 11) is -3.74. The molecule has 2 rings (SSSR count). The molecule has 1 saturated heterocycles. The minimum absolute atomic E-state index is 0.0683. The first-order chi connectivity index (χ1) is 8.88. The highest BCUT2D eigenvalue weighted by molar-refractivity contribution is 7.89. The second kappa shape index (κ2) is 5.75. The van der Waals surface area contributed by atoms with E-state index in [1.54, 1.807) is 0 Å². The number of nitrogens with one attached hydrogen (secondary N) is 2. The zero-order chi connectivity index (χ0) is 14.0. The molecule has 1 fully saturated rings. The molecule has 19 heavy (non-hydrogen) atoms. The van der Waals surface area contributed by atoms with Crippen molar-refractivity contribution in [2.24, 2.45) is 5.92 Å². The summed E-state index contributed by atoms with van der Waals surface area (Å²) in [6, 6.07) is 3.15. The third kappa shape index (κ3) is 3.66. The highest BCUT2D eigenvalue weighted by Crippen LogP contribution is 2.20. The van der Waals surface area contributed by atoms with Crippen molar-refractivity contribution in [2.45, 2.75) is 24.3 Å². The van der Waals surface area contributed by atoms with E-state index in [4.69, 9.17) is 11.6 Å². The average molecular weight is 307 g/mol. The highest BCUT2D eigenvalue weighted by Gasteiger charge is 2.27. The molecule has 4 nitrogen and oxygen atoms in total. The molecular weight excluding hydrogens is 291 g/mol. The smallest absolute Gasteiger partial charge is 0.240 e. The summed E-state index contributed by atoms with van der Waals surface area (Å²) in [6.45, 7) is 3.50. The van der Waals surface area contributed by atoms with Gasteiger partial charge in [-0.05, 0) is 43.6 Å². The highest BCUT2D eigenvalue weighted by atomic mass is 35.5. The first-order valence-electron chi connectivity index (χ1n) is 6.07. The topological polar surface area (TPSA) is 58.2 Å². The normalized spacial score (nSPS) is 24.4. The molecule has 2 unspecified atom stereocenters. The minimum Gasteiger partial charge on any atom is -0.316 e. The lowest BCUT2D eigenvalue weighted by Gasteiger charge is -2.29. The van der Waals surface area contributed by atoms with Crippen LogP contribution in [-0.2, 0) is 10.0 Å². The van der Waals surface area contributed by atoms with E-state index in [1.807, 2.05) is 6.92 Å². The summed E-state index contributed by atoms with van der Waals surface area (Å²) in [4.78, 5) is -0.136. The predicted octanol–water partition coefficient (Wildman–Crippen LogP) is 1.76. The van der Waals surface area contributed by atoms with E-state index < -0.39 is 15.8 Å². The number of sulfonamides is 1. The number of halogens is 2. The van der Waals surface area contributed by atoms with E-state index in [1.165, 1.54) is 6.07 Å². The van der Waals surface area contributed by atoms with Gasteiger partial charge in [0.25, 0.3) is 0 Å². The van der Waals surface area contributed by atoms with Crippen LogP contribution in [0.2, 0.25) is 5.02 Å². The summed E-state index contributed by atoms with van der Waals surface area (Å²) in [6.07, 6.45) is 0.712. The Labute approximate surface area is 117 Å². The monoisotopic (exact) mass is 306 g/mol. The van der Waals surface area contributed by atoms with Crippen molar-refractivity contribution in [1.82, 2.24) is 10.0 Å². The standard InChI is InChI=1S/C12H16ClFN2O2S/c1-8-7-15-3-2-12(8)16-19(17,18)11-5-9(13)4-10(14)6-11/h4-6,8,12,15-16H,2-3,7H2,1H3. The van der Waals surface area contributed by atoms with Crippen LogP contribution in [0.4, 0.5) is 4.39 Å². The zero-order valence-corrected chi connectivity index (χ0v) is 12.1. The molecule has 2 atom stereocenters. The minimum atomic E-state index is -3.74. The third-order valence-electron chi connectivity index (χ3n) is 3.24. The molecule has 0 spiro atoms. The Bertz CT molecular complexity index is 545. The van der Waals surface area contributed by atoms with Crippen LogP contribution in [0.5, 0.6) is 0 Å². The third-order valence-corrected chi connectivity index (χ3v) is 4.93. The number of hydrogen-bond acceptors (Lipinski definition) is 3. The van der Waals surface area contributed by atoms with Crippen LogP contribution in [0.25, 0.3) is 0 Å². The Morgan fingerprint density at radius 3 is 2.79 bits per heavy atom. The number of piperidine rings is 1. The number of benzene rings is 1. The summed E-state index contributed by atoms with van der Waals surface area (Å²) >= 11 is 5.69. The molecule has 0 radical (unpaired) electrons. The molecule has 0 saturated carbocycles. The fraction of sp³-hybridized carbons (Fsp3) is 0.500. The fourth-order valence-corrected chi connectivity index (χ4v) is 3.86. The van der Waals surface area contributed by atoms with E-state index in [-0.39, 0.29) is 21.9 Å². The van der Waals surface area contributed by atoms with Gasteiger partial charge in [-0.3, -0.25) is 0 Å². The molecule has 1 aromatic rings. The van der Waals surface area contributed by atoms with Gasteiger partial charge in [-0.2, -0.15) is 0 Å². The van der Waals surface area contributed by atoms with Crippen LogP contribution in [-0.4, -0.2) is 27.5 Å². The second-order valence-corrected chi connectivity index (χ2v) is 6.95. The quantitative estimate of drug-likeness (QED) is 0.894. The van der Waals surface area contributed by atoms with Gasteiger partial charge in [-0.15, -0.1) is 0 Å². The maximum Gasteiger partial charge on any atom is 0.240 e. The molecule has 1 aliphatic heterocycles. The van der Waals surface area contributed by atoms with Crippen molar-refractivity contribution in [2.75, 3.05) is 13.1 Å². The molecule has 0 aromatic heterocycles. The molecule has 106 valence electrons. The Balaban J connectivity index is 2.22. The predicted molar refractivity (Wildman–Crippen MR) is 72.2 cm³/mol. The lowest BCUT2D eigenvalue weighted by atomic mass is 9.97. The van der Waals surface area contributed by atoms with Gasteiger partial charge < -0.3 is 5.32 Å². The van der Waals surface area contributed by atoms with Crippen molar-refractivity contribution < 1.29 is 12.8 Å². The van der Waals surface area contributed by atoms with Crippen molar-refractivity contribution in [3.63, 3.8) is 0 Å². The lowest BCUT2D eigenvalue weighted by Crippen LogP contribution is -2.48. The van der Waals surface area contributed by atoms with Gasteiger partial charge in [0, 0.05) is 11.1 Å². The molecule has 1 heterocycles. The van der Waals surface area contributed by atoms with Crippen molar-refractivity contribution in [1.29, 1.82) is 0 Å². The van der Waals surface area contributed by atoms with Gasteiger partial charge in [-0.1, -0.05) is 18.5 Å². The largest absolute Gasteiger partial charge is 0.316 e. The van der Waals surface area contributed by atoms with Crippen LogP contribution in [0, 0.1) is 11.7 Å². The summed E-state index contributed by atoms with van der Waals surface area (Å²) in [5.41, 5.74) is 0. The molecule has 1 aliphatic rings. The number of rotatable bonds is 3. The summed E-state index contributed by atoms with van der Waals surface area (Å²) in [5, 5.41) is 3.26. The van der Waals surface area contributed by atoms with Gasteiger partial charge >= 0.3 is 0 Å². The second-order valence-electron chi connectivity index (χ2n) is 4.80. The fourth-order valence-electron chi connectivity index (χ4n) is 2.14. The van der Waals surface area contributed by atoms with Crippen molar-refractivity contribution in [3.05, 3.63) is 29.0 Å². The van der Waals surface area contributed by atoms with E-state index in [9.17, 15) is 12.8 Å². The van der Waals surface area contributed by atoms with Crippen molar-refractivity contribution >= 4 is 21.6 Å². The van der Waals surface area contributed by atoms with Crippen molar-refractivity contribution in [3.8, 4) is 0 Å². The average Bonchev–Trinajstić information content (AvgIpc) is 2.31. The number of hydrogen-bond donors (Lipinski definition) is 2. The lowest BCUT2D eigenvalue weighted by molar-refractivity contribution is 0.328. The molecule has 0 aliphatic carbocycles. The van der Waals surface area contributed by atoms with E-state index in [0.717, 1.165) is 25.2 Å². The van der Waals surface area contributed by atoms with E-state index in [2.05, 4.69) is 10.0 Å². The maximum absolute atomic E-state index is 13.2. The molecule has 0 amide bonds. The van der Waals surface area contributed by atoms with Crippen LogP contribution >= 0.6 is 11.6 Å². The first-order valence-corrected chi connectivity index (χ1v) is 7.94. The van der Waals surface area contributed by atoms with Gasteiger partial charge in [0.1, 0.15) is 5.82 Å². The molecule has 0 bridgehead atoms. The van der Waals surface area contributed by atoms with Gasteiger partial charge in [-0.25, -0.2) is 17.5 Å². The van der Waals surface area contributed by atoms with E-state index >= 15 is 0 Å². The molecule has 2 N–H and O–H groups in total. The Morgan fingerprint density at radius 2 is 2.16 bits per heavy atom. The first kappa shape index (κ1) is 14.7. The van der Waals surface area contributed by atoms with Crippen LogP contribution in [0.3, 0.4) is 0 Å². The molecule has 1 aromatic carbocycles. The molecular formula is C12H16ClFN2O2S. The maximum atomic E-state index is 13.2. The van der Waals surface area contributed by atoms with Gasteiger partial charge in [0.15, 0.2) is 0 Å². The van der Waals surface area contributed by atoms with Gasteiger partial charge in [0.2, 0.25) is 10.0 Å². The van der Waals surface area contributed by atoms with Crippen LogP contribution < -0.4 is 10.0 Å². The molecule has 7 heteroatoms. The van der Waals surface area contributed by atoms with E-state index in [0.29, 0.717) is 6.42 Å². The summed E-state index contributed by atoms with van der Waals surface area (Å²) in [5.74, 6) is -0.473. The SMILES string of the molecule is CC1CNCCC1NS(=O)(=O)c1cc(F)cc(Cl)c1. The van der Waals surface area contributed by atoms with Crippen LogP contribution in [0.15, 0.2) is 23.1 Å². The Morgan fingerprint density at radius 1 is 1.42 bits per heavy atom. The van der Waals surface area contributed by atoms with Gasteiger partial charge in [0.05, 0.1) is 4.90 Å². The Kier molecular flexibility index (Phi) is 4.45. The Hall–Kier alpha value is -0.690. The zero-order valence-electron chi connectivity index (χ0n) is 10.5. The van der Waals surface area contributed by atoms with Crippen LogP contribution in [0.1, 0.15) is 13.3 Å².